The molecule has 0 radical (unpaired) electrons. The molecule has 1 N–H and O–H groups in total. The molecular weight excluding hydrogens is 234 g/mol. The van der Waals surface area contributed by atoms with Crippen molar-refractivity contribution in [2.45, 2.75) is 40.0 Å². The lowest BCUT2D eigenvalue weighted by molar-refractivity contribution is 0.199. The van der Waals surface area contributed by atoms with Crippen molar-refractivity contribution in [3.63, 3.8) is 0 Å². The summed E-state index contributed by atoms with van der Waals surface area (Å²) in [6, 6.07) is 6.79. The zero-order chi connectivity index (χ0) is 14.1. The lowest BCUT2D eigenvalue weighted by Gasteiger charge is -2.13. The third-order valence-corrected chi connectivity index (χ3v) is 3.70. The van der Waals surface area contributed by atoms with Gasteiger partial charge in [0.15, 0.2) is 0 Å². The summed E-state index contributed by atoms with van der Waals surface area (Å²) in [5.41, 5.74) is 4.30. The van der Waals surface area contributed by atoms with Crippen molar-refractivity contribution in [2.24, 2.45) is 5.92 Å². The average Bonchev–Trinajstić information content (AvgIpc) is 2.37. The van der Waals surface area contributed by atoms with E-state index in [1.165, 1.54) is 36.0 Å². The van der Waals surface area contributed by atoms with Crippen LogP contribution in [0.1, 0.15) is 36.5 Å². The third kappa shape index (κ3) is 6.74. The lowest BCUT2D eigenvalue weighted by atomic mass is 9.95. The Balaban J connectivity index is 2.20. The maximum atomic E-state index is 5.01. The van der Waals surface area contributed by atoms with Crippen molar-refractivity contribution >= 4 is 0 Å². The van der Waals surface area contributed by atoms with Crippen molar-refractivity contribution in [3.8, 4) is 0 Å². The number of benzene rings is 1. The van der Waals surface area contributed by atoms with E-state index in [0.29, 0.717) is 0 Å². The third-order valence-electron chi connectivity index (χ3n) is 3.70. The largest absolute Gasteiger partial charge is 0.383 e. The molecule has 2 heteroatoms. The summed E-state index contributed by atoms with van der Waals surface area (Å²) in [5.74, 6) is 0.774. The Morgan fingerprint density at radius 3 is 2.63 bits per heavy atom. The van der Waals surface area contributed by atoms with Crippen LogP contribution in [0.25, 0.3) is 0 Å². The SMILES string of the molecule is COCCNCCC(C)CCc1ccc(C)cc1C. The Bertz CT molecular complexity index is 362. The smallest absolute Gasteiger partial charge is 0.0587 e. The molecule has 1 aromatic rings. The monoisotopic (exact) mass is 263 g/mol. The van der Waals surface area contributed by atoms with Gasteiger partial charge in [-0.15, -0.1) is 0 Å². The van der Waals surface area contributed by atoms with Gasteiger partial charge in [-0.3, -0.25) is 0 Å². The zero-order valence-electron chi connectivity index (χ0n) is 13.0. The molecule has 1 aromatic carbocycles. The Kier molecular flexibility index (Phi) is 7.76. The van der Waals surface area contributed by atoms with Gasteiger partial charge in [-0.25, -0.2) is 0 Å². The Morgan fingerprint density at radius 1 is 1.16 bits per heavy atom. The van der Waals surface area contributed by atoms with Gasteiger partial charge in [0.1, 0.15) is 0 Å². The highest BCUT2D eigenvalue weighted by molar-refractivity contribution is 5.30. The van der Waals surface area contributed by atoms with Crippen LogP contribution < -0.4 is 5.32 Å². The molecule has 1 rings (SSSR count). The van der Waals surface area contributed by atoms with Gasteiger partial charge < -0.3 is 10.1 Å². The van der Waals surface area contributed by atoms with E-state index in [-0.39, 0.29) is 0 Å². The van der Waals surface area contributed by atoms with E-state index >= 15 is 0 Å². The van der Waals surface area contributed by atoms with Gasteiger partial charge in [0, 0.05) is 13.7 Å². The average molecular weight is 263 g/mol. The standard InChI is InChI=1S/C17H29NO/c1-14(9-10-18-11-12-19-4)5-7-17-8-6-15(2)13-16(17)3/h6,8,13-14,18H,5,7,9-12H2,1-4H3. The van der Waals surface area contributed by atoms with E-state index in [2.05, 4.69) is 44.3 Å². The van der Waals surface area contributed by atoms with Crippen LogP contribution in [0, 0.1) is 19.8 Å². The van der Waals surface area contributed by atoms with Gasteiger partial charge in [0.05, 0.1) is 6.61 Å². The quantitative estimate of drug-likeness (QED) is 0.689. The van der Waals surface area contributed by atoms with Crippen LogP contribution in [0.5, 0.6) is 0 Å². The maximum Gasteiger partial charge on any atom is 0.0587 e. The number of ether oxygens (including phenoxy) is 1. The van der Waals surface area contributed by atoms with Crippen LogP contribution in [-0.2, 0) is 11.2 Å². The summed E-state index contributed by atoms with van der Waals surface area (Å²) in [6.07, 6.45) is 3.72. The van der Waals surface area contributed by atoms with Crippen LogP contribution in [0.15, 0.2) is 18.2 Å². The first-order valence-corrected chi connectivity index (χ1v) is 7.39. The first kappa shape index (κ1) is 16.2. The Labute approximate surface area is 118 Å². The minimum atomic E-state index is 0.774. The summed E-state index contributed by atoms with van der Waals surface area (Å²) in [5, 5.41) is 3.41. The van der Waals surface area contributed by atoms with E-state index in [9.17, 15) is 0 Å². The number of aryl methyl sites for hydroxylation is 3. The first-order chi connectivity index (χ1) is 9.13. The van der Waals surface area contributed by atoms with Gasteiger partial charge in [-0.05, 0) is 56.7 Å². The maximum absolute atomic E-state index is 5.01. The fraction of sp³-hybridized carbons (Fsp3) is 0.647. The predicted molar refractivity (Wildman–Crippen MR) is 82.8 cm³/mol. The molecule has 0 aliphatic carbocycles. The van der Waals surface area contributed by atoms with Crippen LogP contribution in [0.4, 0.5) is 0 Å². The van der Waals surface area contributed by atoms with Gasteiger partial charge in [0.2, 0.25) is 0 Å². The number of hydrogen-bond donors (Lipinski definition) is 1. The zero-order valence-corrected chi connectivity index (χ0v) is 13.0. The normalized spacial score (nSPS) is 12.6. The van der Waals surface area contributed by atoms with E-state index in [1.807, 2.05) is 0 Å². The molecule has 2 nitrogen and oxygen atoms in total. The molecule has 0 heterocycles. The molecule has 108 valence electrons. The Morgan fingerprint density at radius 2 is 1.95 bits per heavy atom. The molecule has 1 unspecified atom stereocenters. The van der Waals surface area contributed by atoms with Crippen molar-refractivity contribution in [1.82, 2.24) is 5.32 Å². The second-order valence-electron chi connectivity index (χ2n) is 5.61. The van der Waals surface area contributed by atoms with Crippen molar-refractivity contribution in [1.29, 1.82) is 0 Å². The highest BCUT2D eigenvalue weighted by atomic mass is 16.5. The summed E-state index contributed by atoms with van der Waals surface area (Å²) in [4.78, 5) is 0. The highest BCUT2D eigenvalue weighted by Crippen LogP contribution is 2.16. The number of methoxy groups -OCH3 is 1. The number of rotatable bonds is 9. The van der Waals surface area contributed by atoms with Gasteiger partial charge in [-0.1, -0.05) is 30.7 Å². The van der Waals surface area contributed by atoms with Crippen LogP contribution >= 0.6 is 0 Å². The molecule has 0 fully saturated rings. The van der Waals surface area contributed by atoms with Gasteiger partial charge in [-0.2, -0.15) is 0 Å². The van der Waals surface area contributed by atoms with E-state index in [0.717, 1.165) is 25.6 Å². The lowest BCUT2D eigenvalue weighted by Crippen LogP contribution is -2.21. The number of hydrogen-bond acceptors (Lipinski definition) is 2. The molecule has 0 aliphatic rings. The minimum Gasteiger partial charge on any atom is -0.383 e. The summed E-state index contributed by atoms with van der Waals surface area (Å²) < 4.78 is 5.01. The number of nitrogens with one attached hydrogen (secondary N) is 1. The molecule has 0 spiro atoms. The molecular formula is C17H29NO. The Hall–Kier alpha value is -0.860. The molecule has 0 aliphatic heterocycles. The minimum absolute atomic E-state index is 0.774. The van der Waals surface area contributed by atoms with Gasteiger partial charge >= 0.3 is 0 Å². The van der Waals surface area contributed by atoms with Crippen LogP contribution in [0.3, 0.4) is 0 Å². The predicted octanol–water partition coefficient (Wildman–Crippen LogP) is 3.50. The summed E-state index contributed by atoms with van der Waals surface area (Å²) >= 11 is 0. The van der Waals surface area contributed by atoms with Crippen LogP contribution in [-0.4, -0.2) is 26.8 Å². The highest BCUT2D eigenvalue weighted by Gasteiger charge is 2.04. The fourth-order valence-electron chi connectivity index (χ4n) is 2.32. The molecule has 0 aromatic heterocycles. The molecule has 1 atom stereocenters. The fourth-order valence-corrected chi connectivity index (χ4v) is 2.32. The van der Waals surface area contributed by atoms with E-state index < -0.39 is 0 Å². The molecule has 0 amide bonds. The molecule has 0 saturated heterocycles. The summed E-state index contributed by atoms with van der Waals surface area (Å²) in [6.45, 7) is 9.58. The molecule has 0 bridgehead atoms. The molecule has 19 heavy (non-hydrogen) atoms. The topological polar surface area (TPSA) is 21.3 Å². The molecule has 0 saturated carbocycles. The second kappa shape index (κ2) is 9.11. The first-order valence-electron chi connectivity index (χ1n) is 7.39. The summed E-state index contributed by atoms with van der Waals surface area (Å²) in [7, 11) is 1.74. The van der Waals surface area contributed by atoms with E-state index in [1.54, 1.807) is 7.11 Å². The van der Waals surface area contributed by atoms with Crippen molar-refractivity contribution in [2.75, 3.05) is 26.8 Å². The van der Waals surface area contributed by atoms with E-state index in [4.69, 9.17) is 4.74 Å². The van der Waals surface area contributed by atoms with Crippen LogP contribution in [0.2, 0.25) is 0 Å². The second-order valence-corrected chi connectivity index (χ2v) is 5.61. The van der Waals surface area contributed by atoms with Gasteiger partial charge in [0.25, 0.3) is 0 Å². The van der Waals surface area contributed by atoms with Crippen molar-refractivity contribution < 1.29 is 4.74 Å². The van der Waals surface area contributed by atoms with Crippen molar-refractivity contribution in [3.05, 3.63) is 34.9 Å².